The molecule has 0 aliphatic rings. The normalized spacial score (nSPS) is 9.07. The number of allylic oxidation sites excluding steroid dienone is 1. The lowest BCUT2D eigenvalue weighted by molar-refractivity contribution is -0.125. The number of rotatable bonds is 5. The van der Waals surface area contributed by atoms with E-state index >= 15 is 0 Å². The Bertz CT molecular complexity index is 254. The minimum absolute atomic E-state index is 0.0233. The molecule has 0 aromatic carbocycles. The second kappa shape index (κ2) is 6.60. The van der Waals surface area contributed by atoms with Crippen LogP contribution in [0, 0.1) is 0 Å². The fourth-order valence-electron chi connectivity index (χ4n) is 0.905. The summed E-state index contributed by atoms with van der Waals surface area (Å²) >= 11 is 3.27. The monoisotopic (exact) mass is 257 g/mol. The predicted octanol–water partition coefficient (Wildman–Crippen LogP) is 2.88. The van der Waals surface area contributed by atoms with Gasteiger partial charge < -0.3 is 4.90 Å². The summed E-state index contributed by atoms with van der Waals surface area (Å²) in [5.74, 6) is -0.0233. The van der Waals surface area contributed by atoms with E-state index in [1.165, 1.54) is 0 Å². The maximum absolute atomic E-state index is 11.8. The van der Waals surface area contributed by atoms with Crippen LogP contribution >= 0.6 is 15.9 Å². The van der Waals surface area contributed by atoms with Gasteiger partial charge in [-0.3, -0.25) is 4.79 Å². The first-order valence-corrected chi connectivity index (χ1v) is 5.18. The van der Waals surface area contributed by atoms with Crippen molar-refractivity contribution in [3.63, 3.8) is 0 Å². The number of halogens is 1. The number of nitrogens with zero attached hydrogens (tertiary/aromatic N) is 1. The number of hydrogen-bond donors (Lipinski definition) is 0. The Kier molecular flexibility index (Phi) is 6.21. The standard InChI is InChI=1S/C11H16BrNO/c1-5-7-13(8-6-2)11(14)10(12)9(3)4/h5-6H,1-2,7-8H2,3-4H3. The van der Waals surface area contributed by atoms with Crippen LogP contribution in [0.25, 0.3) is 0 Å². The van der Waals surface area contributed by atoms with Crippen molar-refractivity contribution >= 4 is 21.8 Å². The van der Waals surface area contributed by atoms with Crippen molar-refractivity contribution in [1.29, 1.82) is 0 Å². The van der Waals surface area contributed by atoms with Crippen molar-refractivity contribution in [3.05, 3.63) is 35.4 Å². The molecule has 0 aliphatic carbocycles. The molecule has 0 rings (SSSR count). The molecule has 3 heteroatoms. The molecule has 0 bridgehead atoms. The molecule has 0 aromatic heterocycles. The highest BCUT2D eigenvalue weighted by Crippen LogP contribution is 2.14. The van der Waals surface area contributed by atoms with Crippen LogP contribution in [0.4, 0.5) is 0 Å². The Balaban J connectivity index is 4.66. The van der Waals surface area contributed by atoms with Gasteiger partial charge in [0, 0.05) is 13.1 Å². The van der Waals surface area contributed by atoms with Gasteiger partial charge in [0.25, 0.3) is 5.91 Å². The zero-order chi connectivity index (χ0) is 11.1. The van der Waals surface area contributed by atoms with Gasteiger partial charge in [0.15, 0.2) is 0 Å². The summed E-state index contributed by atoms with van der Waals surface area (Å²) in [4.78, 5) is 13.5. The third-order valence-electron chi connectivity index (χ3n) is 1.61. The third-order valence-corrected chi connectivity index (χ3v) is 2.75. The van der Waals surface area contributed by atoms with Gasteiger partial charge in [0.2, 0.25) is 0 Å². The first-order valence-electron chi connectivity index (χ1n) is 4.38. The second-order valence-electron chi connectivity index (χ2n) is 3.10. The first-order chi connectivity index (χ1) is 6.54. The van der Waals surface area contributed by atoms with Gasteiger partial charge in [-0.15, -0.1) is 13.2 Å². The number of carbonyl (C=O) groups is 1. The van der Waals surface area contributed by atoms with Crippen LogP contribution in [-0.4, -0.2) is 23.9 Å². The van der Waals surface area contributed by atoms with Crippen molar-refractivity contribution in [2.24, 2.45) is 0 Å². The fraction of sp³-hybridized carbons (Fsp3) is 0.364. The largest absolute Gasteiger partial charge is 0.331 e. The van der Waals surface area contributed by atoms with E-state index in [2.05, 4.69) is 29.1 Å². The molecule has 14 heavy (non-hydrogen) atoms. The highest BCUT2D eigenvalue weighted by molar-refractivity contribution is 9.12. The summed E-state index contributed by atoms with van der Waals surface area (Å²) in [6, 6.07) is 0. The van der Waals surface area contributed by atoms with Crippen LogP contribution in [0.2, 0.25) is 0 Å². The minimum atomic E-state index is -0.0233. The predicted molar refractivity (Wildman–Crippen MR) is 64.3 cm³/mol. The SMILES string of the molecule is C=CCN(CC=C)C(=O)C(Br)=C(C)C. The molecule has 0 heterocycles. The molecule has 0 unspecified atom stereocenters. The van der Waals surface area contributed by atoms with Crippen molar-refractivity contribution in [2.45, 2.75) is 13.8 Å². The molecule has 0 aromatic rings. The Hall–Kier alpha value is -0.830. The average molecular weight is 258 g/mol. The van der Waals surface area contributed by atoms with E-state index in [9.17, 15) is 4.79 Å². The van der Waals surface area contributed by atoms with Crippen LogP contribution in [0.5, 0.6) is 0 Å². The van der Waals surface area contributed by atoms with Gasteiger partial charge in [-0.05, 0) is 29.8 Å². The number of amides is 1. The Morgan fingerprint density at radius 3 is 2.00 bits per heavy atom. The van der Waals surface area contributed by atoms with Gasteiger partial charge in [0.05, 0.1) is 4.48 Å². The van der Waals surface area contributed by atoms with Crippen LogP contribution in [0.3, 0.4) is 0 Å². The number of hydrogen-bond acceptors (Lipinski definition) is 1. The van der Waals surface area contributed by atoms with E-state index in [-0.39, 0.29) is 5.91 Å². The molecule has 78 valence electrons. The summed E-state index contributed by atoms with van der Waals surface area (Å²) in [6.07, 6.45) is 3.40. The quantitative estimate of drug-likeness (QED) is 0.548. The maximum atomic E-state index is 11.8. The summed E-state index contributed by atoms with van der Waals surface area (Å²) in [5, 5.41) is 0. The highest BCUT2D eigenvalue weighted by Gasteiger charge is 2.14. The summed E-state index contributed by atoms with van der Waals surface area (Å²) in [6.45, 7) is 12.1. The molecule has 0 atom stereocenters. The Labute approximate surface area is 94.1 Å². The summed E-state index contributed by atoms with van der Waals surface area (Å²) in [5.41, 5.74) is 0.966. The van der Waals surface area contributed by atoms with E-state index in [1.807, 2.05) is 13.8 Å². The van der Waals surface area contributed by atoms with Crippen LogP contribution in [0.15, 0.2) is 35.4 Å². The van der Waals surface area contributed by atoms with Gasteiger partial charge in [-0.25, -0.2) is 0 Å². The lowest BCUT2D eigenvalue weighted by Gasteiger charge is -2.19. The summed E-state index contributed by atoms with van der Waals surface area (Å²) in [7, 11) is 0. The third kappa shape index (κ3) is 3.92. The van der Waals surface area contributed by atoms with Crippen molar-refractivity contribution in [2.75, 3.05) is 13.1 Å². The fourth-order valence-corrected chi connectivity index (χ4v) is 1.16. The first kappa shape index (κ1) is 13.2. The Morgan fingerprint density at radius 2 is 1.71 bits per heavy atom. The molecule has 0 spiro atoms. The van der Waals surface area contributed by atoms with Crippen molar-refractivity contribution in [1.82, 2.24) is 4.90 Å². The molecule has 0 N–H and O–H groups in total. The lowest BCUT2D eigenvalue weighted by atomic mass is 10.3. The van der Waals surface area contributed by atoms with E-state index in [4.69, 9.17) is 0 Å². The molecule has 0 aliphatic heterocycles. The van der Waals surface area contributed by atoms with Gasteiger partial charge in [-0.1, -0.05) is 17.7 Å². The average Bonchev–Trinajstić information content (AvgIpc) is 2.15. The molecule has 0 saturated carbocycles. The topological polar surface area (TPSA) is 20.3 Å². The van der Waals surface area contributed by atoms with Gasteiger partial charge in [0.1, 0.15) is 0 Å². The number of carbonyl (C=O) groups excluding carboxylic acids is 1. The molecule has 2 nitrogen and oxygen atoms in total. The molecular formula is C11H16BrNO. The van der Waals surface area contributed by atoms with Crippen LogP contribution < -0.4 is 0 Å². The summed E-state index contributed by atoms with van der Waals surface area (Å²) < 4.78 is 0.612. The van der Waals surface area contributed by atoms with E-state index in [1.54, 1.807) is 17.1 Å². The zero-order valence-electron chi connectivity index (χ0n) is 8.72. The van der Waals surface area contributed by atoms with E-state index in [0.717, 1.165) is 5.57 Å². The van der Waals surface area contributed by atoms with E-state index in [0.29, 0.717) is 17.6 Å². The lowest BCUT2D eigenvalue weighted by Crippen LogP contribution is -2.31. The second-order valence-corrected chi connectivity index (χ2v) is 3.89. The Morgan fingerprint density at radius 1 is 1.29 bits per heavy atom. The van der Waals surface area contributed by atoms with E-state index < -0.39 is 0 Å². The van der Waals surface area contributed by atoms with Crippen LogP contribution in [-0.2, 0) is 4.79 Å². The van der Waals surface area contributed by atoms with Crippen LogP contribution in [0.1, 0.15) is 13.8 Å². The molecule has 1 amide bonds. The molecule has 0 saturated heterocycles. The molecular weight excluding hydrogens is 242 g/mol. The highest BCUT2D eigenvalue weighted by atomic mass is 79.9. The minimum Gasteiger partial charge on any atom is -0.331 e. The smallest absolute Gasteiger partial charge is 0.261 e. The molecule has 0 radical (unpaired) electrons. The van der Waals surface area contributed by atoms with Crippen molar-refractivity contribution in [3.8, 4) is 0 Å². The molecule has 0 fully saturated rings. The maximum Gasteiger partial charge on any atom is 0.261 e. The van der Waals surface area contributed by atoms with Gasteiger partial charge in [-0.2, -0.15) is 0 Å². The zero-order valence-corrected chi connectivity index (χ0v) is 10.3. The van der Waals surface area contributed by atoms with Gasteiger partial charge >= 0.3 is 0 Å². The van der Waals surface area contributed by atoms with Crippen molar-refractivity contribution < 1.29 is 4.79 Å².